The summed E-state index contributed by atoms with van der Waals surface area (Å²) in [5, 5.41) is 9.37. The normalized spacial score (nSPS) is 12.5. The predicted octanol–water partition coefficient (Wildman–Crippen LogP) is 3.47. The molecule has 1 heterocycles. The molecule has 0 aliphatic rings. The Morgan fingerprint density at radius 2 is 2.04 bits per heavy atom. The standard InChI is InChI=1S/C21H25N3O3/c1-15-10-19(17(3)24(15)16(2)13-26-4)11-20(12-22)21(25)23-27-14-18-8-6-5-7-9-18/h5-11,16H,13-14H2,1-4H3,(H,23,25)/b20-11+. The second kappa shape index (κ2) is 9.72. The Bertz CT molecular complexity index is 848. The first-order valence-electron chi connectivity index (χ1n) is 8.73. The number of carbonyl (C=O) groups is 1. The van der Waals surface area contributed by atoms with Gasteiger partial charge in [-0.1, -0.05) is 30.3 Å². The lowest BCUT2D eigenvalue weighted by molar-refractivity contribution is -0.130. The molecule has 1 unspecified atom stereocenters. The van der Waals surface area contributed by atoms with Gasteiger partial charge < -0.3 is 9.30 Å². The van der Waals surface area contributed by atoms with E-state index in [1.807, 2.05) is 56.3 Å². The SMILES string of the molecule is COCC(C)n1c(C)cc(/C=C(\C#N)C(=O)NOCc2ccccc2)c1C. The van der Waals surface area contributed by atoms with Gasteiger partial charge in [-0.3, -0.25) is 9.63 Å². The zero-order valence-electron chi connectivity index (χ0n) is 16.2. The van der Waals surface area contributed by atoms with Gasteiger partial charge >= 0.3 is 0 Å². The summed E-state index contributed by atoms with van der Waals surface area (Å²) in [4.78, 5) is 17.5. The summed E-state index contributed by atoms with van der Waals surface area (Å²) in [5.41, 5.74) is 6.09. The minimum absolute atomic E-state index is 0.0114. The monoisotopic (exact) mass is 367 g/mol. The molecule has 1 N–H and O–H groups in total. The number of hydrogen-bond acceptors (Lipinski definition) is 4. The van der Waals surface area contributed by atoms with Crippen LogP contribution in [-0.2, 0) is 21.0 Å². The van der Waals surface area contributed by atoms with Crippen LogP contribution in [-0.4, -0.2) is 24.2 Å². The topological polar surface area (TPSA) is 76.3 Å². The minimum atomic E-state index is -0.567. The summed E-state index contributed by atoms with van der Waals surface area (Å²) < 4.78 is 7.36. The molecule has 0 saturated heterocycles. The first kappa shape index (κ1) is 20.4. The predicted molar refractivity (Wildman–Crippen MR) is 103 cm³/mol. The van der Waals surface area contributed by atoms with Crippen LogP contribution in [0.3, 0.4) is 0 Å². The quantitative estimate of drug-likeness (QED) is 0.440. The van der Waals surface area contributed by atoms with Crippen LogP contribution >= 0.6 is 0 Å². The Morgan fingerprint density at radius 1 is 1.33 bits per heavy atom. The number of ether oxygens (including phenoxy) is 1. The van der Waals surface area contributed by atoms with Crippen molar-refractivity contribution in [3.63, 3.8) is 0 Å². The van der Waals surface area contributed by atoms with E-state index in [0.717, 1.165) is 22.5 Å². The fourth-order valence-electron chi connectivity index (χ4n) is 3.06. The summed E-state index contributed by atoms with van der Waals surface area (Å²) in [7, 11) is 1.67. The van der Waals surface area contributed by atoms with E-state index in [0.29, 0.717) is 6.61 Å². The highest BCUT2D eigenvalue weighted by Gasteiger charge is 2.15. The average Bonchev–Trinajstić information content (AvgIpc) is 2.94. The molecule has 2 aromatic rings. The van der Waals surface area contributed by atoms with E-state index in [1.54, 1.807) is 13.2 Å². The van der Waals surface area contributed by atoms with Gasteiger partial charge in [0.25, 0.3) is 5.91 Å². The molecule has 6 heteroatoms. The van der Waals surface area contributed by atoms with Gasteiger partial charge in [-0.2, -0.15) is 5.26 Å². The van der Waals surface area contributed by atoms with Gasteiger partial charge in [-0.25, -0.2) is 5.48 Å². The molecule has 2 rings (SSSR count). The Labute approximate surface area is 160 Å². The summed E-state index contributed by atoms with van der Waals surface area (Å²) in [6.45, 7) is 6.83. The highest BCUT2D eigenvalue weighted by atomic mass is 16.6. The molecule has 27 heavy (non-hydrogen) atoms. The van der Waals surface area contributed by atoms with Crippen molar-refractivity contribution in [3.05, 3.63) is 64.5 Å². The summed E-state index contributed by atoms with van der Waals surface area (Å²) in [6, 6.07) is 13.5. The lowest BCUT2D eigenvalue weighted by Crippen LogP contribution is -2.24. The maximum Gasteiger partial charge on any atom is 0.285 e. The van der Waals surface area contributed by atoms with Crippen LogP contribution in [0.1, 0.15) is 35.5 Å². The molecule has 0 aliphatic carbocycles. The summed E-state index contributed by atoms with van der Waals surface area (Å²) in [5.74, 6) is -0.567. The first-order chi connectivity index (χ1) is 13.0. The van der Waals surface area contributed by atoms with Crippen LogP contribution in [0.25, 0.3) is 6.08 Å². The van der Waals surface area contributed by atoms with Crippen molar-refractivity contribution in [2.24, 2.45) is 0 Å². The number of methoxy groups -OCH3 is 1. The second-order valence-corrected chi connectivity index (χ2v) is 6.38. The maximum atomic E-state index is 12.3. The highest BCUT2D eigenvalue weighted by molar-refractivity contribution is 6.01. The summed E-state index contributed by atoms with van der Waals surface area (Å²) >= 11 is 0. The van der Waals surface area contributed by atoms with Gasteiger partial charge in [-0.15, -0.1) is 0 Å². The van der Waals surface area contributed by atoms with Gasteiger partial charge in [-0.05, 0) is 44.0 Å². The Morgan fingerprint density at radius 3 is 2.67 bits per heavy atom. The van der Waals surface area contributed by atoms with E-state index in [4.69, 9.17) is 9.57 Å². The average molecular weight is 367 g/mol. The Hall–Kier alpha value is -2.88. The number of amides is 1. The number of carbonyl (C=O) groups excluding carboxylic acids is 1. The third-order valence-electron chi connectivity index (χ3n) is 4.28. The van der Waals surface area contributed by atoms with E-state index < -0.39 is 5.91 Å². The third kappa shape index (κ3) is 5.30. The van der Waals surface area contributed by atoms with E-state index in [9.17, 15) is 10.1 Å². The smallest absolute Gasteiger partial charge is 0.285 e. The number of aryl methyl sites for hydroxylation is 1. The molecule has 0 aliphatic heterocycles. The Kier molecular flexibility index (Phi) is 7.35. The number of nitrogens with zero attached hydrogens (tertiary/aromatic N) is 2. The van der Waals surface area contributed by atoms with E-state index in [-0.39, 0.29) is 18.2 Å². The molecule has 142 valence electrons. The van der Waals surface area contributed by atoms with Crippen LogP contribution in [0.5, 0.6) is 0 Å². The third-order valence-corrected chi connectivity index (χ3v) is 4.28. The second-order valence-electron chi connectivity index (χ2n) is 6.38. The molecule has 1 amide bonds. The molecule has 1 aromatic carbocycles. The number of nitriles is 1. The van der Waals surface area contributed by atoms with Crippen molar-refractivity contribution < 1.29 is 14.4 Å². The molecule has 0 saturated carbocycles. The van der Waals surface area contributed by atoms with Gasteiger partial charge in [0.15, 0.2) is 0 Å². The molecule has 0 spiro atoms. The number of aromatic nitrogens is 1. The van der Waals surface area contributed by atoms with Crippen LogP contribution in [0.15, 0.2) is 42.0 Å². The molecule has 6 nitrogen and oxygen atoms in total. The zero-order valence-corrected chi connectivity index (χ0v) is 16.2. The molecule has 1 aromatic heterocycles. The van der Waals surface area contributed by atoms with Crippen molar-refractivity contribution >= 4 is 12.0 Å². The van der Waals surface area contributed by atoms with Gasteiger partial charge in [0.2, 0.25) is 0 Å². The number of hydrogen-bond donors (Lipinski definition) is 1. The van der Waals surface area contributed by atoms with Crippen LogP contribution < -0.4 is 5.48 Å². The fraction of sp³-hybridized carbons (Fsp3) is 0.333. The lowest BCUT2D eigenvalue weighted by Gasteiger charge is -2.17. The molecular formula is C21H25N3O3. The zero-order chi connectivity index (χ0) is 19.8. The molecular weight excluding hydrogens is 342 g/mol. The molecule has 1 atom stereocenters. The van der Waals surface area contributed by atoms with Crippen molar-refractivity contribution in [1.82, 2.24) is 10.0 Å². The van der Waals surface area contributed by atoms with Crippen LogP contribution in [0.4, 0.5) is 0 Å². The minimum Gasteiger partial charge on any atom is -0.383 e. The van der Waals surface area contributed by atoms with E-state index >= 15 is 0 Å². The van der Waals surface area contributed by atoms with Crippen LogP contribution in [0.2, 0.25) is 0 Å². The van der Waals surface area contributed by atoms with Crippen molar-refractivity contribution in [2.45, 2.75) is 33.4 Å². The van der Waals surface area contributed by atoms with Crippen molar-refractivity contribution in [3.8, 4) is 6.07 Å². The first-order valence-corrected chi connectivity index (χ1v) is 8.73. The number of rotatable bonds is 8. The highest BCUT2D eigenvalue weighted by Crippen LogP contribution is 2.22. The molecule has 0 bridgehead atoms. The van der Waals surface area contributed by atoms with Crippen molar-refractivity contribution in [1.29, 1.82) is 5.26 Å². The van der Waals surface area contributed by atoms with E-state index in [1.165, 1.54) is 0 Å². The number of nitrogens with one attached hydrogen (secondary N) is 1. The maximum absolute atomic E-state index is 12.3. The lowest BCUT2D eigenvalue weighted by atomic mass is 10.1. The van der Waals surface area contributed by atoms with Crippen molar-refractivity contribution in [2.75, 3.05) is 13.7 Å². The number of hydroxylamine groups is 1. The summed E-state index contributed by atoms with van der Waals surface area (Å²) in [6.07, 6.45) is 1.58. The fourth-order valence-corrected chi connectivity index (χ4v) is 3.06. The molecule has 0 fully saturated rings. The van der Waals surface area contributed by atoms with Crippen LogP contribution in [0, 0.1) is 25.2 Å². The van der Waals surface area contributed by atoms with Gasteiger partial charge in [0.05, 0.1) is 19.3 Å². The Balaban J connectivity index is 2.10. The van der Waals surface area contributed by atoms with Gasteiger partial charge in [0, 0.05) is 18.5 Å². The largest absolute Gasteiger partial charge is 0.383 e. The van der Waals surface area contributed by atoms with E-state index in [2.05, 4.69) is 17.0 Å². The van der Waals surface area contributed by atoms with Gasteiger partial charge in [0.1, 0.15) is 11.6 Å². The molecule has 0 radical (unpaired) electrons. The number of benzene rings is 1.